The predicted molar refractivity (Wildman–Crippen MR) is 102 cm³/mol. The van der Waals surface area contributed by atoms with Crippen LogP contribution in [0.2, 0.25) is 0 Å². The summed E-state index contributed by atoms with van der Waals surface area (Å²) in [5, 5.41) is 2.53. The van der Waals surface area contributed by atoms with Gasteiger partial charge in [0.2, 0.25) is 6.41 Å². The Morgan fingerprint density at radius 1 is 1.11 bits per heavy atom. The zero-order chi connectivity index (χ0) is 20.3. The first-order chi connectivity index (χ1) is 12.8. The number of amides is 2. The van der Waals surface area contributed by atoms with Crippen molar-refractivity contribution in [1.29, 1.82) is 0 Å². The lowest BCUT2D eigenvalue weighted by Crippen LogP contribution is -2.39. The Morgan fingerprint density at radius 2 is 1.70 bits per heavy atom. The third-order valence-corrected chi connectivity index (χ3v) is 3.77. The standard InChI is InChI=1S/C10H11NO3.C10H19NO2/c1-14-10(13)9-4-2-8(3-5-9)6-11-7-12;1-10(2,3)13-9(12)11-7-5-4-6-8-11/h2-5,7H,6H2,1H3,(H,11,12);4-8H2,1-3H3. The SMILES string of the molecule is CC(C)(C)OC(=O)N1CCCCC1.COC(=O)c1ccc(CNC=O)cc1. The molecule has 0 unspecified atom stereocenters. The minimum Gasteiger partial charge on any atom is -0.465 e. The molecule has 7 nitrogen and oxygen atoms in total. The van der Waals surface area contributed by atoms with Crippen LogP contribution >= 0.6 is 0 Å². The van der Waals surface area contributed by atoms with Crippen LogP contribution in [0.4, 0.5) is 4.79 Å². The quantitative estimate of drug-likeness (QED) is 0.643. The summed E-state index contributed by atoms with van der Waals surface area (Å²) in [4.78, 5) is 34.4. The maximum Gasteiger partial charge on any atom is 0.410 e. The molecule has 1 saturated heterocycles. The second-order valence-corrected chi connectivity index (χ2v) is 7.22. The van der Waals surface area contributed by atoms with Crippen LogP contribution in [0.15, 0.2) is 24.3 Å². The third-order valence-electron chi connectivity index (χ3n) is 3.77. The third kappa shape index (κ3) is 9.08. The van der Waals surface area contributed by atoms with Crippen LogP contribution in [-0.4, -0.2) is 49.2 Å². The number of rotatable bonds is 4. The summed E-state index contributed by atoms with van der Waals surface area (Å²) >= 11 is 0. The van der Waals surface area contributed by atoms with Gasteiger partial charge in [0.25, 0.3) is 0 Å². The maximum atomic E-state index is 11.5. The first-order valence-electron chi connectivity index (χ1n) is 9.09. The lowest BCUT2D eigenvalue weighted by atomic mass is 10.1. The molecule has 0 bridgehead atoms. The van der Waals surface area contributed by atoms with E-state index in [4.69, 9.17) is 4.74 Å². The first kappa shape index (κ1) is 22.5. The van der Waals surface area contributed by atoms with Crippen molar-refractivity contribution in [2.45, 2.75) is 52.2 Å². The van der Waals surface area contributed by atoms with E-state index in [0.717, 1.165) is 31.5 Å². The molecule has 1 N–H and O–H groups in total. The number of likely N-dealkylation sites (tertiary alicyclic amines) is 1. The molecule has 0 atom stereocenters. The van der Waals surface area contributed by atoms with E-state index in [-0.39, 0.29) is 17.7 Å². The largest absolute Gasteiger partial charge is 0.465 e. The smallest absolute Gasteiger partial charge is 0.410 e. The van der Waals surface area contributed by atoms with Gasteiger partial charge in [-0.05, 0) is 57.7 Å². The fourth-order valence-corrected chi connectivity index (χ4v) is 2.44. The zero-order valence-electron chi connectivity index (χ0n) is 16.6. The van der Waals surface area contributed by atoms with Gasteiger partial charge in [0.05, 0.1) is 12.7 Å². The van der Waals surface area contributed by atoms with Gasteiger partial charge in [0.15, 0.2) is 0 Å². The number of carbonyl (C=O) groups excluding carboxylic acids is 3. The summed E-state index contributed by atoms with van der Waals surface area (Å²) < 4.78 is 9.81. The van der Waals surface area contributed by atoms with Crippen LogP contribution in [0.3, 0.4) is 0 Å². The number of nitrogens with zero attached hydrogens (tertiary/aromatic N) is 1. The number of carbonyl (C=O) groups is 3. The molecule has 2 rings (SSSR count). The summed E-state index contributed by atoms with van der Waals surface area (Å²) in [5.74, 6) is -0.361. The highest BCUT2D eigenvalue weighted by molar-refractivity contribution is 5.89. The molecule has 0 radical (unpaired) electrons. The van der Waals surface area contributed by atoms with Crippen LogP contribution in [-0.2, 0) is 20.8 Å². The molecule has 1 heterocycles. The van der Waals surface area contributed by atoms with Crippen molar-refractivity contribution >= 4 is 18.5 Å². The fraction of sp³-hybridized carbons (Fsp3) is 0.550. The van der Waals surface area contributed by atoms with Gasteiger partial charge in [0, 0.05) is 19.6 Å². The van der Waals surface area contributed by atoms with E-state index in [2.05, 4.69) is 10.1 Å². The van der Waals surface area contributed by atoms with E-state index in [9.17, 15) is 14.4 Å². The van der Waals surface area contributed by atoms with Gasteiger partial charge in [-0.2, -0.15) is 0 Å². The molecule has 0 spiro atoms. The highest BCUT2D eigenvalue weighted by Crippen LogP contribution is 2.14. The number of ether oxygens (including phenoxy) is 2. The van der Waals surface area contributed by atoms with Gasteiger partial charge in [-0.25, -0.2) is 9.59 Å². The Kier molecular flexibility index (Phi) is 9.33. The molecule has 0 saturated carbocycles. The Morgan fingerprint density at radius 3 is 2.19 bits per heavy atom. The van der Waals surface area contributed by atoms with Crippen LogP contribution in [0.25, 0.3) is 0 Å². The highest BCUT2D eigenvalue weighted by atomic mass is 16.6. The van der Waals surface area contributed by atoms with Crippen molar-refractivity contribution in [3.8, 4) is 0 Å². The van der Waals surface area contributed by atoms with Crippen molar-refractivity contribution < 1.29 is 23.9 Å². The van der Waals surface area contributed by atoms with E-state index in [0.29, 0.717) is 18.5 Å². The van der Waals surface area contributed by atoms with Gasteiger partial charge >= 0.3 is 12.1 Å². The van der Waals surface area contributed by atoms with Gasteiger partial charge in [-0.3, -0.25) is 4.79 Å². The maximum absolute atomic E-state index is 11.5. The van der Waals surface area contributed by atoms with E-state index in [1.54, 1.807) is 29.2 Å². The number of hydrogen-bond acceptors (Lipinski definition) is 5. The number of methoxy groups -OCH3 is 1. The van der Waals surface area contributed by atoms with Crippen LogP contribution < -0.4 is 5.32 Å². The predicted octanol–water partition coefficient (Wildman–Crippen LogP) is 3.13. The number of hydrogen-bond donors (Lipinski definition) is 1. The van der Waals surface area contributed by atoms with Crippen molar-refractivity contribution in [3.63, 3.8) is 0 Å². The molecule has 1 aromatic carbocycles. The molecule has 1 fully saturated rings. The minimum atomic E-state index is -0.367. The lowest BCUT2D eigenvalue weighted by Gasteiger charge is -2.29. The molecule has 1 aliphatic rings. The molecule has 0 aromatic heterocycles. The van der Waals surface area contributed by atoms with E-state index >= 15 is 0 Å². The summed E-state index contributed by atoms with van der Waals surface area (Å²) in [6, 6.07) is 6.85. The van der Waals surface area contributed by atoms with Crippen LogP contribution in [0.5, 0.6) is 0 Å². The zero-order valence-corrected chi connectivity index (χ0v) is 16.6. The Hall–Kier alpha value is -2.57. The monoisotopic (exact) mass is 378 g/mol. The summed E-state index contributed by atoms with van der Waals surface area (Å²) in [6.45, 7) is 7.87. The van der Waals surface area contributed by atoms with E-state index < -0.39 is 0 Å². The summed E-state index contributed by atoms with van der Waals surface area (Å²) in [7, 11) is 1.34. The average molecular weight is 378 g/mol. The number of benzene rings is 1. The van der Waals surface area contributed by atoms with Crippen molar-refractivity contribution in [2.24, 2.45) is 0 Å². The number of piperidine rings is 1. The van der Waals surface area contributed by atoms with E-state index in [1.165, 1.54) is 13.5 Å². The normalized spacial score (nSPS) is 13.7. The lowest BCUT2D eigenvalue weighted by molar-refractivity contribution is -0.109. The highest BCUT2D eigenvalue weighted by Gasteiger charge is 2.22. The summed E-state index contributed by atoms with van der Waals surface area (Å²) in [5.41, 5.74) is 1.07. The second kappa shape index (κ2) is 11.2. The van der Waals surface area contributed by atoms with Crippen molar-refractivity contribution in [1.82, 2.24) is 10.2 Å². The Labute approximate surface area is 161 Å². The number of esters is 1. The fourth-order valence-electron chi connectivity index (χ4n) is 2.44. The molecule has 1 aliphatic heterocycles. The molecule has 150 valence electrons. The molecule has 1 aromatic rings. The number of nitrogens with one attached hydrogen (secondary N) is 1. The Balaban J connectivity index is 0.000000271. The van der Waals surface area contributed by atoms with Gasteiger partial charge in [-0.15, -0.1) is 0 Å². The van der Waals surface area contributed by atoms with E-state index in [1.807, 2.05) is 20.8 Å². The van der Waals surface area contributed by atoms with Gasteiger partial charge in [0.1, 0.15) is 5.60 Å². The molecular weight excluding hydrogens is 348 g/mol. The Bertz CT molecular complexity index is 602. The topological polar surface area (TPSA) is 84.9 Å². The van der Waals surface area contributed by atoms with Crippen LogP contribution in [0, 0.1) is 0 Å². The van der Waals surface area contributed by atoms with Crippen molar-refractivity contribution in [3.05, 3.63) is 35.4 Å². The molecule has 27 heavy (non-hydrogen) atoms. The average Bonchev–Trinajstić information content (AvgIpc) is 2.66. The van der Waals surface area contributed by atoms with Gasteiger partial charge in [-0.1, -0.05) is 12.1 Å². The second-order valence-electron chi connectivity index (χ2n) is 7.22. The molecule has 0 aliphatic carbocycles. The van der Waals surface area contributed by atoms with Gasteiger partial charge < -0.3 is 19.7 Å². The first-order valence-corrected chi connectivity index (χ1v) is 9.09. The van der Waals surface area contributed by atoms with Crippen LogP contribution in [0.1, 0.15) is 56.0 Å². The summed E-state index contributed by atoms with van der Waals surface area (Å²) in [6.07, 6.45) is 3.93. The minimum absolute atomic E-state index is 0.160. The molecular formula is C20H30N2O5. The molecule has 2 amide bonds. The van der Waals surface area contributed by atoms with Crippen molar-refractivity contribution in [2.75, 3.05) is 20.2 Å². The molecule has 7 heteroatoms.